The van der Waals surface area contributed by atoms with Crippen LogP contribution in [0.3, 0.4) is 0 Å². The normalized spacial score (nSPS) is 11.0. The summed E-state index contributed by atoms with van der Waals surface area (Å²) in [5, 5.41) is 31.5. The van der Waals surface area contributed by atoms with Crippen molar-refractivity contribution in [2.75, 3.05) is 0 Å². The highest BCUT2D eigenvalue weighted by Gasteiger charge is 2.25. The van der Waals surface area contributed by atoms with E-state index in [-0.39, 0.29) is 17.2 Å². The molecule has 0 spiro atoms. The molecule has 0 atom stereocenters. The summed E-state index contributed by atoms with van der Waals surface area (Å²) < 4.78 is 0. The van der Waals surface area contributed by atoms with Crippen LogP contribution in [0.25, 0.3) is 0 Å². The van der Waals surface area contributed by atoms with Crippen LogP contribution >= 0.6 is 0 Å². The molecule has 3 aromatic rings. The number of hydrogen-bond donors (Lipinski definition) is 3. The Balaban J connectivity index is 2.34. The Labute approximate surface area is 147 Å². The second kappa shape index (κ2) is 6.52. The quantitative estimate of drug-likeness (QED) is 0.597. The number of rotatable bonds is 3. The summed E-state index contributed by atoms with van der Waals surface area (Å²) in [5.74, 6) is -0.0630. The van der Waals surface area contributed by atoms with Crippen molar-refractivity contribution in [1.29, 1.82) is 0 Å². The van der Waals surface area contributed by atoms with Crippen molar-refractivity contribution in [3.63, 3.8) is 0 Å². The molecule has 3 nitrogen and oxygen atoms in total. The minimum absolute atomic E-state index is 0.136. The molecule has 0 saturated carbocycles. The highest BCUT2D eigenvalue weighted by atomic mass is 16.3. The van der Waals surface area contributed by atoms with Crippen molar-refractivity contribution in [2.45, 2.75) is 26.7 Å². The van der Waals surface area contributed by atoms with Crippen LogP contribution < -0.4 is 0 Å². The molecule has 0 amide bonds. The summed E-state index contributed by atoms with van der Waals surface area (Å²) >= 11 is 0. The van der Waals surface area contributed by atoms with Crippen molar-refractivity contribution in [2.24, 2.45) is 0 Å². The third kappa shape index (κ3) is 3.31. The Hall–Kier alpha value is -2.94. The summed E-state index contributed by atoms with van der Waals surface area (Å²) in [6.45, 7) is 5.85. The molecule has 3 rings (SSSR count). The van der Waals surface area contributed by atoms with Gasteiger partial charge in [0.2, 0.25) is 0 Å². The minimum Gasteiger partial charge on any atom is -0.508 e. The molecule has 0 radical (unpaired) electrons. The van der Waals surface area contributed by atoms with E-state index in [0.717, 1.165) is 16.7 Å². The van der Waals surface area contributed by atoms with Crippen LogP contribution in [0.1, 0.15) is 39.3 Å². The lowest BCUT2D eigenvalue weighted by Gasteiger charge is -2.23. The third-order valence-electron chi connectivity index (χ3n) is 4.48. The van der Waals surface area contributed by atoms with Gasteiger partial charge in [-0.1, -0.05) is 53.1 Å². The first-order chi connectivity index (χ1) is 11.9. The minimum atomic E-state index is -0.473. The average molecular weight is 334 g/mol. The van der Waals surface area contributed by atoms with E-state index in [1.165, 1.54) is 0 Å². The molecule has 128 valence electrons. The molecular formula is C22H22O3. The summed E-state index contributed by atoms with van der Waals surface area (Å²) in [6.07, 6.45) is 0. The number of aromatic hydroxyl groups is 3. The van der Waals surface area contributed by atoms with E-state index in [1.54, 1.807) is 18.2 Å². The lowest BCUT2D eigenvalue weighted by Crippen LogP contribution is -2.06. The zero-order valence-electron chi connectivity index (χ0n) is 14.6. The average Bonchev–Trinajstić information content (AvgIpc) is 2.57. The van der Waals surface area contributed by atoms with Gasteiger partial charge in [-0.25, -0.2) is 0 Å². The number of aryl methyl sites for hydroxylation is 3. The maximum Gasteiger partial charge on any atom is 0.119 e. The molecule has 3 aromatic carbocycles. The van der Waals surface area contributed by atoms with Gasteiger partial charge >= 0.3 is 0 Å². The predicted molar refractivity (Wildman–Crippen MR) is 99.5 cm³/mol. The fourth-order valence-electron chi connectivity index (χ4n) is 3.22. The van der Waals surface area contributed by atoms with Crippen LogP contribution in [-0.4, -0.2) is 15.3 Å². The van der Waals surface area contributed by atoms with Gasteiger partial charge in [-0.05, 0) is 39.0 Å². The fourth-order valence-corrected chi connectivity index (χ4v) is 3.22. The SMILES string of the molecule is Cc1ccc(O)c(C(c2cc(C)ccc2O)c2cc(C)ccc2O)c1. The van der Waals surface area contributed by atoms with E-state index >= 15 is 0 Å². The van der Waals surface area contributed by atoms with Crippen LogP contribution in [0, 0.1) is 20.8 Å². The van der Waals surface area contributed by atoms with Crippen LogP contribution in [-0.2, 0) is 0 Å². The van der Waals surface area contributed by atoms with Gasteiger partial charge in [-0.3, -0.25) is 0 Å². The van der Waals surface area contributed by atoms with Gasteiger partial charge in [-0.15, -0.1) is 0 Å². The van der Waals surface area contributed by atoms with Crippen molar-refractivity contribution in [3.05, 3.63) is 88.0 Å². The number of benzene rings is 3. The summed E-state index contributed by atoms with van der Waals surface area (Å²) in [6, 6.07) is 16.1. The zero-order chi connectivity index (χ0) is 18.1. The summed E-state index contributed by atoms with van der Waals surface area (Å²) in [4.78, 5) is 0. The first-order valence-corrected chi connectivity index (χ1v) is 8.25. The molecule has 0 heterocycles. The molecule has 25 heavy (non-hydrogen) atoms. The molecule has 0 saturated heterocycles. The molecule has 3 N–H and O–H groups in total. The van der Waals surface area contributed by atoms with Gasteiger partial charge in [0.1, 0.15) is 17.2 Å². The molecule has 0 aliphatic carbocycles. The second-order valence-electron chi connectivity index (χ2n) is 6.62. The molecular weight excluding hydrogens is 312 g/mol. The number of phenolic OH excluding ortho intramolecular Hbond substituents is 3. The van der Waals surface area contributed by atoms with Gasteiger partial charge in [0, 0.05) is 22.6 Å². The Morgan fingerprint density at radius 2 is 0.800 bits per heavy atom. The standard InChI is InChI=1S/C22H22O3/c1-13-4-7-19(23)16(10-13)22(17-11-14(2)5-8-20(17)24)18-12-15(3)6-9-21(18)25/h4-12,22-25H,1-3H3. The molecule has 0 aliphatic heterocycles. The first kappa shape index (κ1) is 16.9. The van der Waals surface area contributed by atoms with Crippen LogP contribution in [0.2, 0.25) is 0 Å². The van der Waals surface area contributed by atoms with E-state index in [1.807, 2.05) is 57.2 Å². The van der Waals surface area contributed by atoms with Crippen LogP contribution in [0.15, 0.2) is 54.6 Å². The maximum atomic E-state index is 10.5. The van der Waals surface area contributed by atoms with Gasteiger partial charge < -0.3 is 15.3 Å². The monoisotopic (exact) mass is 334 g/mol. The molecule has 0 fully saturated rings. The van der Waals surface area contributed by atoms with E-state index in [0.29, 0.717) is 16.7 Å². The highest BCUT2D eigenvalue weighted by molar-refractivity contribution is 5.57. The van der Waals surface area contributed by atoms with Gasteiger partial charge in [0.05, 0.1) is 0 Å². The Bertz CT molecular complexity index is 806. The molecule has 0 aliphatic rings. The topological polar surface area (TPSA) is 60.7 Å². The Morgan fingerprint density at radius 1 is 0.520 bits per heavy atom. The lowest BCUT2D eigenvalue weighted by molar-refractivity contribution is 0.450. The lowest BCUT2D eigenvalue weighted by atomic mass is 9.82. The Morgan fingerprint density at radius 3 is 1.08 bits per heavy atom. The largest absolute Gasteiger partial charge is 0.508 e. The smallest absolute Gasteiger partial charge is 0.119 e. The van der Waals surface area contributed by atoms with E-state index in [2.05, 4.69) is 0 Å². The second-order valence-corrected chi connectivity index (χ2v) is 6.62. The fraction of sp³-hybridized carbons (Fsp3) is 0.182. The van der Waals surface area contributed by atoms with Crippen molar-refractivity contribution in [1.82, 2.24) is 0 Å². The maximum absolute atomic E-state index is 10.5. The van der Waals surface area contributed by atoms with Gasteiger partial charge in [-0.2, -0.15) is 0 Å². The van der Waals surface area contributed by atoms with Crippen LogP contribution in [0.4, 0.5) is 0 Å². The summed E-state index contributed by atoms with van der Waals surface area (Å²) in [5.41, 5.74) is 4.96. The van der Waals surface area contributed by atoms with E-state index in [4.69, 9.17) is 0 Å². The van der Waals surface area contributed by atoms with Crippen molar-refractivity contribution >= 4 is 0 Å². The van der Waals surface area contributed by atoms with Gasteiger partial charge in [0.25, 0.3) is 0 Å². The number of hydrogen-bond acceptors (Lipinski definition) is 3. The zero-order valence-corrected chi connectivity index (χ0v) is 14.6. The third-order valence-corrected chi connectivity index (χ3v) is 4.48. The van der Waals surface area contributed by atoms with E-state index < -0.39 is 5.92 Å². The van der Waals surface area contributed by atoms with Crippen molar-refractivity contribution < 1.29 is 15.3 Å². The van der Waals surface area contributed by atoms with Crippen LogP contribution in [0.5, 0.6) is 17.2 Å². The van der Waals surface area contributed by atoms with Gasteiger partial charge in [0.15, 0.2) is 0 Å². The molecule has 0 aromatic heterocycles. The predicted octanol–water partition coefficient (Wildman–Crippen LogP) is 4.91. The molecule has 0 bridgehead atoms. The molecule has 3 heteroatoms. The van der Waals surface area contributed by atoms with Crippen molar-refractivity contribution in [3.8, 4) is 17.2 Å². The Kier molecular flexibility index (Phi) is 4.41. The first-order valence-electron chi connectivity index (χ1n) is 8.25. The summed E-state index contributed by atoms with van der Waals surface area (Å²) in [7, 11) is 0. The number of phenols is 3. The molecule has 0 unspecified atom stereocenters. The highest BCUT2D eigenvalue weighted by Crippen LogP contribution is 2.44. The van der Waals surface area contributed by atoms with E-state index in [9.17, 15) is 15.3 Å².